The molecule has 4 aromatic rings. The Labute approximate surface area is 252 Å². The Morgan fingerprint density at radius 3 is 2.20 bits per heavy atom. The zero-order chi connectivity index (χ0) is 26.4. The number of hydrogen-bond donors (Lipinski definition) is 2. The Hall–Kier alpha value is -2.71. The second-order valence-electron chi connectivity index (χ2n) is 9.93. The van der Waals surface area contributed by atoms with Crippen LogP contribution in [0.15, 0.2) is 97.1 Å². The summed E-state index contributed by atoms with van der Waals surface area (Å²) >= 11 is 1.61. The van der Waals surface area contributed by atoms with Gasteiger partial charge in [0, 0.05) is 28.4 Å². The number of esters is 1. The molecule has 0 radical (unpaired) electrons. The smallest absolute Gasteiger partial charge is 0.347 e. The number of carbonyl (C=O) groups is 1. The second kappa shape index (κ2) is 14.8. The van der Waals surface area contributed by atoms with E-state index in [0.717, 1.165) is 47.8 Å². The number of rotatable bonds is 9. The lowest BCUT2D eigenvalue weighted by atomic mass is 9.85. The van der Waals surface area contributed by atoms with E-state index in [1.807, 2.05) is 54.6 Å². The molecular formula is C32H36Cl2N2O3S. The van der Waals surface area contributed by atoms with Crippen molar-refractivity contribution in [2.75, 3.05) is 19.7 Å². The van der Waals surface area contributed by atoms with E-state index >= 15 is 0 Å². The predicted molar refractivity (Wildman–Crippen MR) is 167 cm³/mol. The van der Waals surface area contributed by atoms with Gasteiger partial charge in [0.05, 0.1) is 6.61 Å². The third-order valence-electron chi connectivity index (χ3n) is 7.32. The molecule has 212 valence electrons. The van der Waals surface area contributed by atoms with Gasteiger partial charge in [0.1, 0.15) is 0 Å². The molecule has 5 rings (SSSR count). The lowest BCUT2D eigenvalue weighted by Crippen LogP contribution is -2.40. The molecule has 1 saturated heterocycles. The fourth-order valence-corrected chi connectivity index (χ4v) is 5.96. The van der Waals surface area contributed by atoms with Crippen LogP contribution in [0, 0.1) is 5.92 Å². The molecule has 1 aliphatic rings. The zero-order valence-corrected chi connectivity index (χ0v) is 24.7. The maximum absolute atomic E-state index is 13.6. The van der Waals surface area contributed by atoms with E-state index in [9.17, 15) is 9.90 Å². The van der Waals surface area contributed by atoms with Gasteiger partial charge >= 0.3 is 5.97 Å². The van der Waals surface area contributed by atoms with Crippen LogP contribution in [0.2, 0.25) is 0 Å². The van der Waals surface area contributed by atoms with Gasteiger partial charge in [0.2, 0.25) is 5.60 Å². The molecule has 3 N–H and O–H groups in total. The largest absolute Gasteiger partial charge is 0.463 e. The van der Waals surface area contributed by atoms with E-state index in [4.69, 9.17) is 10.5 Å². The number of nitrogens with two attached hydrogens (primary N) is 1. The van der Waals surface area contributed by atoms with Crippen LogP contribution in [0.25, 0.3) is 10.4 Å². The first-order valence-corrected chi connectivity index (χ1v) is 14.0. The first-order chi connectivity index (χ1) is 18.6. The molecule has 1 atom stereocenters. The molecule has 3 aromatic carbocycles. The normalized spacial score (nSPS) is 15.3. The predicted octanol–water partition coefficient (Wildman–Crippen LogP) is 6.41. The standard InChI is InChI=1S/C32H34N2O3S.2ClH/c33-21-29-14-15-30(38-29)26-10-7-13-28(20-26)32(36,27-11-5-2-6-12-27)31(35)37-23-25-16-18-34(19-17-25)22-24-8-3-1-4-9-24;;/h1-15,20,25,36H,16-19,21-23,33H2;2*1H/t32-;;/m0../s1. The highest BCUT2D eigenvalue weighted by atomic mass is 35.5. The summed E-state index contributed by atoms with van der Waals surface area (Å²) in [5.41, 5.74) is 7.13. The summed E-state index contributed by atoms with van der Waals surface area (Å²) in [6.07, 6.45) is 1.92. The maximum Gasteiger partial charge on any atom is 0.347 e. The summed E-state index contributed by atoms with van der Waals surface area (Å²) in [6.45, 7) is 3.66. The highest BCUT2D eigenvalue weighted by Crippen LogP contribution is 2.36. The number of thiophene rings is 1. The average Bonchev–Trinajstić information content (AvgIpc) is 3.47. The second-order valence-corrected chi connectivity index (χ2v) is 11.1. The fourth-order valence-electron chi connectivity index (χ4n) is 5.07. The van der Waals surface area contributed by atoms with Gasteiger partial charge in [0.15, 0.2) is 0 Å². The van der Waals surface area contributed by atoms with Crippen LogP contribution in [0.1, 0.15) is 34.4 Å². The molecule has 0 amide bonds. The van der Waals surface area contributed by atoms with Crippen LogP contribution >= 0.6 is 36.2 Å². The highest BCUT2D eigenvalue weighted by Gasteiger charge is 2.42. The van der Waals surface area contributed by atoms with Crippen molar-refractivity contribution < 1.29 is 14.6 Å². The van der Waals surface area contributed by atoms with E-state index in [-0.39, 0.29) is 30.7 Å². The molecule has 1 aliphatic heterocycles. The van der Waals surface area contributed by atoms with Crippen molar-refractivity contribution in [1.29, 1.82) is 0 Å². The van der Waals surface area contributed by atoms with Crippen molar-refractivity contribution in [3.63, 3.8) is 0 Å². The number of nitrogens with zero attached hydrogens (tertiary/aromatic N) is 1. The molecule has 0 saturated carbocycles. The monoisotopic (exact) mass is 598 g/mol. The zero-order valence-electron chi connectivity index (χ0n) is 22.3. The third-order valence-corrected chi connectivity index (χ3v) is 8.48. The Bertz CT molecular complexity index is 1340. The summed E-state index contributed by atoms with van der Waals surface area (Å²) in [7, 11) is 0. The summed E-state index contributed by atoms with van der Waals surface area (Å²) < 4.78 is 5.85. The van der Waals surface area contributed by atoms with Crippen LogP contribution in [0.5, 0.6) is 0 Å². The minimum absolute atomic E-state index is 0. The van der Waals surface area contributed by atoms with E-state index in [1.165, 1.54) is 5.56 Å². The lowest BCUT2D eigenvalue weighted by molar-refractivity contribution is -0.164. The highest BCUT2D eigenvalue weighted by molar-refractivity contribution is 7.15. The number of benzene rings is 3. The van der Waals surface area contributed by atoms with E-state index in [2.05, 4.69) is 29.2 Å². The van der Waals surface area contributed by atoms with Gasteiger partial charge < -0.3 is 15.6 Å². The molecule has 0 unspecified atom stereocenters. The quantitative estimate of drug-likeness (QED) is 0.218. The number of halogens is 2. The molecule has 2 heterocycles. The van der Waals surface area contributed by atoms with Gasteiger partial charge in [-0.25, -0.2) is 4.79 Å². The minimum Gasteiger partial charge on any atom is -0.463 e. The number of ether oxygens (including phenoxy) is 1. The van der Waals surface area contributed by atoms with E-state index in [1.54, 1.807) is 29.5 Å². The van der Waals surface area contributed by atoms with Gasteiger partial charge in [-0.1, -0.05) is 78.9 Å². The summed E-state index contributed by atoms with van der Waals surface area (Å²) in [5.74, 6) is -0.362. The summed E-state index contributed by atoms with van der Waals surface area (Å²) in [6, 6.07) is 31.1. The Balaban J connectivity index is 0.00000220. The average molecular weight is 600 g/mol. The summed E-state index contributed by atoms with van der Waals surface area (Å²) in [5, 5.41) is 12.0. The van der Waals surface area contributed by atoms with E-state index < -0.39 is 11.6 Å². The molecular weight excluding hydrogens is 563 g/mol. The minimum atomic E-state index is -1.90. The molecule has 40 heavy (non-hydrogen) atoms. The van der Waals surface area contributed by atoms with Gasteiger partial charge in [-0.3, -0.25) is 4.90 Å². The van der Waals surface area contributed by atoms with Crippen molar-refractivity contribution in [3.05, 3.63) is 119 Å². The third kappa shape index (κ3) is 7.32. The van der Waals surface area contributed by atoms with Gasteiger partial charge in [-0.2, -0.15) is 0 Å². The number of hydrogen-bond acceptors (Lipinski definition) is 6. The van der Waals surface area contributed by atoms with Crippen molar-refractivity contribution in [3.8, 4) is 10.4 Å². The maximum atomic E-state index is 13.6. The molecule has 5 nitrogen and oxygen atoms in total. The molecule has 0 bridgehead atoms. The van der Waals surface area contributed by atoms with Crippen LogP contribution in [0.4, 0.5) is 0 Å². The first kappa shape index (κ1) is 31.8. The number of piperidine rings is 1. The molecule has 1 fully saturated rings. The Morgan fingerprint density at radius 1 is 0.900 bits per heavy atom. The first-order valence-electron chi connectivity index (χ1n) is 13.2. The number of aliphatic hydroxyl groups is 1. The summed E-state index contributed by atoms with van der Waals surface area (Å²) in [4.78, 5) is 18.2. The van der Waals surface area contributed by atoms with Gasteiger partial charge in [-0.15, -0.1) is 36.2 Å². The van der Waals surface area contributed by atoms with Crippen LogP contribution in [-0.2, 0) is 28.2 Å². The molecule has 1 aromatic heterocycles. The molecule has 0 aliphatic carbocycles. The van der Waals surface area contributed by atoms with Crippen LogP contribution < -0.4 is 5.73 Å². The topological polar surface area (TPSA) is 75.8 Å². The van der Waals surface area contributed by atoms with Gasteiger partial charge in [-0.05, 0) is 66.7 Å². The molecule has 0 spiro atoms. The van der Waals surface area contributed by atoms with E-state index in [0.29, 0.717) is 24.3 Å². The van der Waals surface area contributed by atoms with Crippen LogP contribution in [0.3, 0.4) is 0 Å². The lowest BCUT2D eigenvalue weighted by Gasteiger charge is -2.33. The number of carbonyl (C=O) groups excluding carboxylic acids is 1. The van der Waals surface area contributed by atoms with Crippen LogP contribution in [-0.4, -0.2) is 35.7 Å². The van der Waals surface area contributed by atoms with Gasteiger partial charge in [0.25, 0.3) is 0 Å². The SMILES string of the molecule is Cl.Cl.NCc1ccc(-c2cccc([C@](O)(C(=O)OCC3CCN(Cc4ccccc4)CC3)c3ccccc3)c2)s1. The fraction of sp³-hybridized carbons (Fsp3) is 0.281. The number of likely N-dealkylation sites (tertiary alicyclic amines) is 1. The van der Waals surface area contributed by atoms with Crippen molar-refractivity contribution >= 4 is 42.1 Å². The Morgan fingerprint density at radius 2 is 1.55 bits per heavy atom. The van der Waals surface area contributed by atoms with Crippen molar-refractivity contribution in [2.24, 2.45) is 11.7 Å². The van der Waals surface area contributed by atoms with Crippen molar-refractivity contribution in [1.82, 2.24) is 4.90 Å². The molecule has 8 heteroatoms. The Kier molecular flexibility index (Phi) is 11.8. The van der Waals surface area contributed by atoms with Crippen molar-refractivity contribution in [2.45, 2.75) is 31.5 Å².